The van der Waals surface area contributed by atoms with Crippen LogP contribution in [0.15, 0.2) is 18.5 Å². The van der Waals surface area contributed by atoms with Gasteiger partial charge in [0.1, 0.15) is 4.90 Å². The molecule has 2 atom stereocenters. The number of hydrogen-bond donors (Lipinski definition) is 1. The third kappa shape index (κ3) is 2.20. The van der Waals surface area contributed by atoms with Crippen molar-refractivity contribution in [1.29, 1.82) is 0 Å². The van der Waals surface area contributed by atoms with Crippen molar-refractivity contribution < 1.29 is 8.42 Å². The second kappa shape index (κ2) is 4.82. The van der Waals surface area contributed by atoms with Gasteiger partial charge in [-0.25, -0.2) is 8.42 Å². The molecule has 1 aromatic heterocycles. The monoisotopic (exact) mass is 414 g/mol. The Morgan fingerprint density at radius 2 is 1.89 bits per heavy atom. The van der Waals surface area contributed by atoms with Crippen LogP contribution < -0.4 is 5.32 Å². The zero-order chi connectivity index (χ0) is 12.9. The summed E-state index contributed by atoms with van der Waals surface area (Å²) in [6.45, 7) is 3.15. The number of sulfonamides is 1. The van der Waals surface area contributed by atoms with Gasteiger partial charge in [-0.15, -0.1) is 11.3 Å². The lowest BCUT2D eigenvalue weighted by Crippen LogP contribution is -2.31. The summed E-state index contributed by atoms with van der Waals surface area (Å²) >= 11 is 8.05. The molecular formula is C10H12Br2N2O2S2. The molecule has 4 nitrogen and oxygen atoms in total. The van der Waals surface area contributed by atoms with Crippen LogP contribution in [0.3, 0.4) is 0 Å². The lowest BCUT2D eigenvalue weighted by molar-refractivity contribution is 0.448. The lowest BCUT2D eigenvalue weighted by atomic mass is 10.0. The molecule has 0 radical (unpaired) electrons. The summed E-state index contributed by atoms with van der Waals surface area (Å²) in [6.07, 6.45) is 0. The SMILES string of the molecule is O=S(=O)(c1cc(Br)sc1Br)N1C[C@H]2CNC[C@H]2C1. The van der Waals surface area contributed by atoms with Gasteiger partial charge in [-0.1, -0.05) is 0 Å². The van der Waals surface area contributed by atoms with E-state index in [2.05, 4.69) is 37.2 Å². The summed E-state index contributed by atoms with van der Waals surface area (Å²) in [6, 6.07) is 1.68. The van der Waals surface area contributed by atoms with Crippen LogP contribution in [-0.4, -0.2) is 38.9 Å². The number of nitrogens with zero attached hydrogens (tertiary/aromatic N) is 1. The minimum absolute atomic E-state index is 0.382. The summed E-state index contributed by atoms with van der Waals surface area (Å²) in [4.78, 5) is 0.382. The molecule has 2 aliphatic heterocycles. The first kappa shape index (κ1) is 13.5. The minimum atomic E-state index is -3.35. The van der Waals surface area contributed by atoms with E-state index in [1.54, 1.807) is 10.4 Å². The molecule has 3 heterocycles. The van der Waals surface area contributed by atoms with E-state index < -0.39 is 10.0 Å². The van der Waals surface area contributed by atoms with Gasteiger partial charge in [0.25, 0.3) is 0 Å². The van der Waals surface area contributed by atoms with Gasteiger partial charge in [0.2, 0.25) is 10.0 Å². The average Bonchev–Trinajstić information content (AvgIpc) is 2.90. The number of halogens is 2. The Morgan fingerprint density at radius 3 is 2.39 bits per heavy atom. The molecule has 1 N–H and O–H groups in total. The maximum absolute atomic E-state index is 12.6. The molecule has 0 aliphatic carbocycles. The van der Waals surface area contributed by atoms with Crippen molar-refractivity contribution >= 4 is 53.2 Å². The van der Waals surface area contributed by atoms with Crippen LogP contribution in [0.5, 0.6) is 0 Å². The van der Waals surface area contributed by atoms with Crippen molar-refractivity contribution in [2.75, 3.05) is 26.2 Å². The molecule has 2 saturated heterocycles. The lowest BCUT2D eigenvalue weighted by Gasteiger charge is -2.16. The van der Waals surface area contributed by atoms with Crippen molar-refractivity contribution in [2.45, 2.75) is 4.90 Å². The van der Waals surface area contributed by atoms with Gasteiger partial charge in [-0.3, -0.25) is 0 Å². The van der Waals surface area contributed by atoms with Crippen LogP contribution in [0.1, 0.15) is 0 Å². The summed E-state index contributed by atoms with van der Waals surface area (Å²) < 4.78 is 28.2. The Labute approximate surface area is 127 Å². The molecule has 2 aliphatic rings. The van der Waals surface area contributed by atoms with Gasteiger partial charge in [-0.2, -0.15) is 4.31 Å². The smallest absolute Gasteiger partial charge is 0.245 e. The highest BCUT2D eigenvalue weighted by atomic mass is 79.9. The Kier molecular flexibility index (Phi) is 3.62. The maximum atomic E-state index is 12.6. The molecule has 0 unspecified atom stereocenters. The maximum Gasteiger partial charge on any atom is 0.245 e. The zero-order valence-corrected chi connectivity index (χ0v) is 14.2. The highest BCUT2D eigenvalue weighted by Gasteiger charge is 2.42. The van der Waals surface area contributed by atoms with Crippen molar-refractivity contribution in [3.8, 4) is 0 Å². The Bertz CT molecular complexity index is 560. The van der Waals surface area contributed by atoms with E-state index in [1.807, 2.05) is 0 Å². The molecule has 2 fully saturated rings. The van der Waals surface area contributed by atoms with E-state index in [0.717, 1.165) is 16.9 Å². The topological polar surface area (TPSA) is 49.4 Å². The van der Waals surface area contributed by atoms with Crippen molar-refractivity contribution in [3.63, 3.8) is 0 Å². The first-order valence-corrected chi connectivity index (χ1v) is 9.48. The van der Waals surface area contributed by atoms with Crippen LogP contribution in [-0.2, 0) is 10.0 Å². The second-order valence-electron chi connectivity index (χ2n) is 4.69. The Morgan fingerprint density at radius 1 is 1.28 bits per heavy atom. The summed E-state index contributed by atoms with van der Waals surface area (Å²) in [5, 5.41) is 3.32. The molecule has 0 aromatic carbocycles. The molecule has 100 valence electrons. The number of fused-ring (bicyclic) bond motifs is 1. The van der Waals surface area contributed by atoms with Crippen molar-refractivity contribution in [2.24, 2.45) is 11.8 Å². The molecular weight excluding hydrogens is 404 g/mol. The Balaban J connectivity index is 1.90. The fourth-order valence-electron chi connectivity index (χ4n) is 2.65. The summed E-state index contributed by atoms with van der Waals surface area (Å²) in [7, 11) is -3.35. The van der Waals surface area contributed by atoms with E-state index in [0.29, 0.717) is 33.6 Å². The highest BCUT2D eigenvalue weighted by molar-refractivity contribution is 9.12. The molecule has 8 heteroatoms. The largest absolute Gasteiger partial charge is 0.316 e. The second-order valence-corrected chi connectivity index (χ2v) is 10.3. The van der Waals surface area contributed by atoms with Crippen LogP contribution in [0, 0.1) is 11.8 Å². The van der Waals surface area contributed by atoms with Crippen LogP contribution in [0.25, 0.3) is 0 Å². The number of nitrogens with one attached hydrogen (secondary N) is 1. The third-order valence-electron chi connectivity index (χ3n) is 3.60. The van der Waals surface area contributed by atoms with Gasteiger partial charge in [0.05, 0.1) is 7.57 Å². The van der Waals surface area contributed by atoms with E-state index in [-0.39, 0.29) is 0 Å². The van der Waals surface area contributed by atoms with E-state index in [4.69, 9.17) is 0 Å². The average molecular weight is 416 g/mol. The van der Waals surface area contributed by atoms with E-state index >= 15 is 0 Å². The molecule has 0 saturated carbocycles. The molecule has 3 rings (SSSR count). The van der Waals surface area contributed by atoms with Gasteiger partial charge in [0, 0.05) is 13.1 Å². The summed E-state index contributed by atoms with van der Waals surface area (Å²) in [5.41, 5.74) is 0. The van der Waals surface area contributed by atoms with Crippen molar-refractivity contribution in [1.82, 2.24) is 9.62 Å². The van der Waals surface area contributed by atoms with Gasteiger partial charge in [-0.05, 0) is 62.9 Å². The highest BCUT2D eigenvalue weighted by Crippen LogP contribution is 2.38. The predicted octanol–water partition coefficient (Wildman–Crippen LogP) is 2.11. The van der Waals surface area contributed by atoms with E-state index in [1.165, 1.54) is 11.3 Å². The summed E-state index contributed by atoms with van der Waals surface area (Å²) in [5.74, 6) is 0.946. The molecule has 18 heavy (non-hydrogen) atoms. The number of thiophene rings is 1. The predicted molar refractivity (Wildman–Crippen MR) is 78.3 cm³/mol. The minimum Gasteiger partial charge on any atom is -0.316 e. The van der Waals surface area contributed by atoms with Crippen LogP contribution in [0.4, 0.5) is 0 Å². The van der Waals surface area contributed by atoms with Crippen molar-refractivity contribution in [3.05, 3.63) is 13.6 Å². The fraction of sp³-hybridized carbons (Fsp3) is 0.600. The van der Waals surface area contributed by atoms with E-state index in [9.17, 15) is 8.42 Å². The van der Waals surface area contributed by atoms with Gasteiger partial charge in [0.15, 0.2) is 0 Å². The molecule has 0 amide bonds. The van der Waals surface area contributed by atoms with Gasteiger partial charge >= 0.3 is 0 Å². The molecule has 1 aromatic rings. The van der Waals surface area contributed by atoms with Gasteiger partial charge < -0.3 is 5.32 Å². The van der Waals surface area contributed by atoms with Crippen LogP contribution >= 0.6 is 43.2 Å². The molecule has 0 bridgehead atoms. The first-order valence-electron chi connectivity index (χ1n) is 5.64. The van der Waals surface area contributed by atoms with Crippen LogP contribution in [0.2, 0.25) is 0 Å². The quantitative estimate of drug-likeness (QED) is 0.804. The normalized spacial score (nSPS) is 28.8. The standard InChI is InChI=1S/C10H12Br2N2O2S2/c11-9-1-8(10(12)17-9)18(15,16)14-4-6-2-13-3-7(6)5-14/h1,6-7,13H,2-5H2/t6-,7+. The number of hydrogen-bond acceptors (Lipinski definition) is 4. The number of rotatable bonds is 2. The zero-order valence-electron chi connectivity index (χ0n) is 9.40. The fourth-order valence-corrected chi connectivity index (χ4v) is 7.96. The third-order valence-corrected chi connectivity index (χ3v) is 8.19. The first-order chi connectivity index (χ1) is 8.48. The Hall–Kier alpha value is 0.530. The molecule has 0 spiro atoms.